The van der Waals surface area contributed by atoms with Gasteiger partial charge < -0.3 is 18.8 Å². The summed E-state index contributed by atoms with van der Waals surface area (Å²) in [4.78, 5) is 4.15. The minimum Gasteiger partial charge on any atom is -0.491 e. The molecule has 1 aliphatic heterocycles. The molecule has 0 N–H and O–H groups in total. The van der Waals surface area contributed by atoms with Gasteiger partial charge in [-0.1, -0.05) is 71.7 Å². The SMILES string of the molecule is Clc1ccc(C(Cn2ccnc2)O[C@H]2CCC[C@H](COc3ccc(-c4ccccc4)cc3)O2)c(Cl)c1. The van der Waals surface area contributed by atoms with Gasteiger partial charge in [0.15, 0.2) is 6.29 Å². The molecule has 186 valence electrons. The van der Waals surface area contributed by atoms with Crippen LogP contribution in [0, 0.1) is 0 Å². The van der Waals surface area contributed by atoms with Gasteiger partial charge in [-0.05, 0) is 54.7 Å². The number of aromatic nitrogens is 2. The third kappa shape index (κ3) is 6.48. The third-order valence-corrected chi connectivity index (χ3v) is 6.83. The van der Waals surface area contributed by atoms with E-state index in [4.69, 9.17) is 37.4 Å². The summed E-state index contributed by atoms with van der Waals surface area (Å²) < 4.78 is 20.8. The molecule has 1 aliphatic rings. The Morgan fingerprint density at radius 1 is 0.972 bits per heavy atom. The number of imidazole rings is 1. The maximum absolute atomic E-state index is 6.53. The Kier molecular flexibility index (Phi) is 8.24. The topological polar surface area (TPSA) is 45.5 Å². The molecule has 5 rings (SSSR count). The highest BCUT2D eigenvalue weighted by Crippen LogP contribution is 2.33. The second-order valence-corrected chi connectivity index (χ2v) is 9.71. The maximum atomic E-state index is 6.53. The van der Waals surface area contributed by atoms with Crippen LogP contribution < -0.4 is 4.74 Å². The molecular formula is C29H28Cl2N2O3. The number of benzene rings is 3. The molecule has 0 amide bonds. The molecule has 0 spiro atoms. The van der Waals surface area contributed by atoms with Crippen molar-refractivity contribution in [2.75, 3.05) is 6.61 Å². The Hall–Kier alpha value is -2.83. The molecule has 1 saturated heterocycles. The van der Waals surface area contributed by atoms with E-state index in [-0.39, 0.29) is 18.5 Å². The highest BCUT2D eigenvalue weighted by atomic mass is 35.5. The average Bonchev–Trinajstić information content (AvgIpc) is 3.41. The predicted octanol–water partition coefficient (Wildman–Crippen LogP) is 7.59. The normalized spacial score (nSPS) is 18.6. The fourth-order valence-electron chi connectivity index (χ4n) is 4.40. The van der Waals surface area contributed by atoms with Crippen molar-refractivity contribution in [1.82, 2.24) is 9.55 Å². The van der Waals surface area contributed by atoms with Crippen LogP contribution in [-0.2, 0) is 16.0 Å². The van der Waals surface area contributed by atoms with Gasteiger partial charge >= 0.3 is 0 Å². The van der Waals surface area contributed by atoms with E-state index in [1.807, 2.05) is 53.2 Å². The van der Waals surface area contributed by atoms with Gasteiger partial charge in [-0.25, -0.2) is 4.98 Å². The summed E-state index contributed by atoms with van der Waals surface area (Å²) in [5, 5.41) is 1.16. The Morgan fingerprint density at radius 2 is 1.78 bits per heavy atom. The molecule has 1 fully saturated rings. The molecule has 2 heterocycles. The molecule has 36 heavy (non-hydrogen) atoms. The average molecular weight is 523 g/mol. The van der Waals surface area contributed by atoms with Gasteiger partial charge in [-0.2, -0.15) is 0 Å². The number of rotatable bonds is 9. The minimum absolute atomic E-state index is 0.0489. The van der Waals surface area contributed by atoms with Crippen molar-refractivity contribution in [2.24, 2.45) is 0 Å². The van der Waals surface area contributed by atoms with E-state index in [2.05, 4.69) is 29.2 Å². The van der Waals surface area contributed by atoms with Crippen LogP contribution in [0.5, 0.6) is 5.75 Å². The van der Waals surface area contributed by atoms with Crippen LogP contribution in [0.4, 0.5) is 0 Å². The standard InChI is InChI=1S/C29H28Cl2N2O3/c30-23-11-14-26(27(31)17-23)28(18-33-16-15-32-20-33)36-29-8-4-7-25(35-29)19-34-24-12-9-22(10-13-24)21-5-2-1-3-6-21/h1-3,5-6,9-17,20,25,28-29H,4,7-8,18-19H2/t25-,28?,29+/m1/s1. The lowest BCUT2D eigenvalue weighted by Gasteiger charge is -2.33. The number of halogens is 2. The van der Waals surface area contributed by atoms with Crippen molar-refractivity contribution < 1.29 is 14.2 Å². The lowest BCUT2D eigenvalue weighted by molar-refractivity contribution is -0.223. The zero-order valence-corrected chi connectivity index (χ0v) is 21.3. The van der Waals surface area contributed by atoms with Crippen molar-refractivity contribution in [2.45, 2.75) is 44.3 Å². The van der Waals surface area contributed by atoms with Crippen molar-refractivity contribution in [3.63, 3.8) is 0 Å². The van der Waals surface area contributed by atoms with E-state index in [1.54, 1.807) is 18.6 Å². The molecule has 0 radical (unpaired) electrons. The Balaban J connectivity index is 1.20. The first-order valence-electron chi connectivity index (χ1n) is 12.1. The number of nitrogens with zero attached hydrogens (tertiary/aromatic N) is 2. The van der Waals surface area contributed by atoms with Gasteiger partial charge in [0.05, 0.1) is 19.0 Å². The number of hydrogen-bond acceptors (Lipinski definition) is 4. The van der Waals surface area contributed by atoms with E-state index in [9.17, 15) is 0 Å². The summed E-state index contributed by atoms with van der Waals surface area (Å²) in [7, 11) is 0. The van der Waals surface area contributed by atoms with Gasteiger partial charge in [-0.15, -0.1) is 0 Å². The van der Waals surface area contributed by atoms with Crippen LogP contribution in [0.25, 0.3) is 11.1 Å². The molecule has 1 aromatic heterocycles. The smallest absolute Gasteiger partial charge is 0.159 e. The maximum Gasteiger partial charge on any atom is 0.159 e. The highest BCUT2D eigenvalue weighted by molar-refractivity contribution is 6.35. The molecule has 7 heteroatoms. The van der Waals surface area contributed by atoms with Gasteiger partial charge in [0, 0.05) is 28.0 Å². The summed E-state index contributed by atoms with van der Waals surface area (Å²) in [6.07, 6.45) is 7.45. The summed E-state index contributed by atoms with van der Waals surface area (Å²) in [6.45, 7) is 1.04. The van der Waals surface area contributed by atoms with Crippen molar-refractivity contribution in [3.8, 4) is 16.9 Å². The van der Waals surface area contributed by atoms with E-state index in [0.29, 0.717) is 23.2 Å². The molecule has 0 saturated carbocycles. The minimum atomic E-state index is -0.354. The lowest BCUT2D eigenvalue weighted by atomic mass is 10.1. The van der Waals surface area contributed by atoms with E-state index in [1.165, 1.54) is 5.56 Å². The van der Waals surface area contributed by atoms with Crippen molar-refractivity contribution >= 4 is 23.2 Å². The zero-order chi connectivity index (χ0) is 24.7. The quantitative estimate of drug-likeness (QED) is 0.227. The molecule has 0 bridgehead atoms. The Morgan fingerprint density at radius 3 is 2.53 bits per heavy atom. The summed E-state index contributed by atoms with van der Waals surface area (Å²) >= 11 is 12.6. The van der Waals surface area contributed by atoms with Crippen LogP contribution in [-0.4, -0.2) is 28.6 Å². The predicted molar refractivity (Wildman–Crippen MR) is 142 cm³/mol. The first-order chi connectivity index (χ1) is 17.6. The first-order valence-corrected chi connectivity index (χ1v) is 12.9. The second kappa shape index (κ2) is 11.9. The number of ether oxygens (including phenoxy) is 3. The molecule has 3 atom stereocenters. The zero-order valence-electron chi connectivity index (χ0n) is 19.8. The van der Waals surface area contributed by atoms with Crippen LogP contribution in [0.2, 0.25) is 10.0 Å². The highest BCUT2D eigenvalue weighted by Gasteiger charge is 2.28. The summed E-state index contributed by atoms with van der Waals surface area (Å²) in [5.74, 6) is 0.826. The summed E-state index contributed by atoms with van der Waals surface area (Å²) in [5.41, 5.74) is 3.22. The van der Waals surface area contributed by atoms with E-state index >= 15 is 0 Å². The lowest BCUT2D eigenvalue weighted by Crippen LogP contribution is -2.35. The van der Waals surface area contributed by atoms with Gasteiger partial charge in [0.25, 0.3) is 0 Å². The molecule has 5 nitrogen and oxygen atoms in total. The van der Waals surface area contributed by atoms with Crippen LogP contribution in [0.3, 0.4) is 0 Å². The largest absolute Gasteiger partial charge is 0.491 e. The first kappa shape index (κ1) is 24.8. The third-order valence-electron chi connectivity index (χ3n) is 6.27. The van der Waals surface area contributed by atoms with Gasteiger partial charge in [-0.3, -0.25) is 0 Å². The summed E-state index contributed by atoms with van der Waals surface area (Å²) in [6, 6.07) is 23.9. The van der Waals surface area contributed by atoms with E-state index < -0.39 is 0 Å². The fraction of sp³-hybridized carbons (Fsp3) is 0.276. The molecule has 4 aromatic rings. The van der Waals surface area contributed by atoms with E-state index in [0.717, 1.165) is 36.1 Å². The Labute approximate surface area is 221 Å². The van der Waals surface area contributed by atoms with Crippen LogP contribution in [0.1, 0.15) is 30.9 Å². The van der Waals surface area contributed by atoms with Crippen molar-refractivity contribution in [1.29, 1.82) is 0 Å². The van der Waals surface area contributed by atoms with Gasteiger partial charge in [0.2, 0.25) is 0 Å². The molecule has 3 aromatic carbocycles. The van der Waals surface area contributed by atoms with Crippen molar-refractivity contribution in [3.05, 3.63) is 107 Å². The molecular weight excluding hydrogens is 495 g/mol. The molecule has 1 unspecified atom stereocenters. The Bertz CT molecular complexity index is 1230. The second-order valence-electron chi connectivity index (χ2n) is 8.87. The molecule has 0 aliphatic carbocycles. The van der Waals surface area contributed by atoms with Crippen LogP contribution in [0.15, 0.2) is 91.5 Å². The van der Waals surface area contributed by atoms with Gasteiger partial charge in [0.1, 0.15) is 18.5 Å². The fourth-order valence-corrected chi connectivity index (χ4v) is 4.93. The number of hydrogen-bond donors (Lipinski definition) is 0. The van der Waals surface area contributed by atoms with Crippen LogP contribution >= 0.6 is 23.2 Å². The monoisotopic (exact) mass is 522 g/mol.